The summed E-state index contributed by atoms with van der Waals surface area (Å²) in [6.45, 7) is 8.11. The van der Waals surface area contributed by atoms with Crippen molar-refractivity contribution in [3.05, 3.63) is 0 Å². The first-order valence-corrected chi connectivity index (χ1v) is 9.24. The molecule has 0 aromatic rings. The lowest BCUT2D eigenvalue weighted by Gasteiger charge is -2.15. The van der Waals surface area contributed by atoms with Crippen molar-refractivity contribution in [3.8, 4) is 0 Å². The van der Waals surface area contributed by atoms with Crippen molar-refractivity contribution < 1.29 is 9.47 Å². The van der Waals surface area contributed by atoms with E-state index < -0.39 is 0 Å². The summed E-state index contributed by atoms with van der Waals surface area (Å²) >= 11 is 0. The molecule has 24 heavy (non-hydrogen) atoms. The van der Waals surface area contributed by atoms with Crippen LogP contribution in [-0.4, -0.2) is 76.6 Å². The summed E-state index contributed by atoms with van der Waals surface area (Å²) in [5.41, 5.74) is 0. The van der Waals surface area contributed by atoms with Crippen LogP contribution in [0.5, 0.6) is 0 Å². The van der Waals surface area contributed by atoms with Crippen LogP contribution < -0.4 is 10.6 Å². The number of unbranched alkanes of at least 4 members (excludes halogenated alkanes) is 1. The number of hydrogen-bond acceptors (Lipinski definition) is 4. The summed E-state index contributed by atoms with van der Waals surface area (Å²) in [5, 5.41) is 6.73. The monoisotopic (exact) mass is 454 g/mol. The summed E-state index contributed by atoms with van der Waals surface area (Å²) < 4.78 is 11.0. The van der Waals surface area contributed by atoms with Gasteiger partial charge in [-0.2, -0.15) is 0 Å². The highest BCUT2D eigenvalue weighted by Crippen LogP contribution is 2.08. The van der Waals surface area contributed by atoms with Gasteiger partial charge in [-0.3, -0.25) is 4.99 Å². The van der Waals surface area contributed by atoms with Crippen molar-refractivity contribution in [1.29, 1.82) is 0 Å². The van der Waals surface area contributed by atoms with Gasteiger partial charge in [-0.15, -0.1) is 24.0 Å². The van der Waals surface area contributed by atoms with Crippen molar-refractivity contribution in [1.82, 2.24) is 15.5 Å². The van der Waals surface area contributed by atoms with Crippen molar-refractivity contribution in [2.75, 3.05) is 59.6 Å². The van der Waals surface area contributed by atoms with E-state index in [0.29, 0.717) is 6.10 Å². The molecular formula is C17H35IN4O2. The Hall–Kier alpha value is -0.120. The minimum Gasteiger partial charge on any atom is -0.379 e. The lowest BCUT2D eigenvalue weighted by molar-refractivity contribution is 0.0420. The predicted octanol–water partition coefficient (Wildman–Crippen LogP) is 1.84. The van der Waals surface area contributed by atoms with E-state index in [-0.39, 0.29) is 24.0 Å². The molecule has 142 valence electrons. The highest BCUT2D eigenvalue weighted by molar-refractivity contribution is 14.0. The quantitative estimate of drug-likeness (QED) is 0.228. The van der Waals surface area contributed by atoms with Crippen LogP contribution in [0.4, 0.5) is 0 Å². The summed E-state index contributed by atoms with van der Waals surface area (Å²) in [4.78, 5) is 6.83. The second kappa shape index (κ2) is 14.1. The molecule has 2 aliphatic rings. The van der Waals surface area contributed by atoms with Crippen LogP contribution in [0.25, 0.3) is 0 Å². The van der Waals surface area contributed by atoms with E-state index in [0.717, 1.165) is 51.7 Å². The molecule has 0 aromatic heterocycles. The SMILES string of the molecule is CN=C(NCCCCN1CCCC1)NCCCOC1CCOC1.I. The zero-order valence-electron chi connectivity index (χ0n) is 15.1. The maximum Gasteiger partial charge on any atom is 0.190 e. The van der Waals surface area contributed by atoms with Gasteiger partial charge in [0, 0.05) is 33.4 Å². The molecule has 1 unspecified atom stereocenters. The average Bonchev–Trinajstić information content (AvgIpc) is 3.26. The largest absolute Gasteiger partial charge is 0.379 e. The average molecular weight is 454 g/mol. The third-order valence-electron chi connectivity index (χ3n) is 4.47. The van der Waals surface area contributed by atoms with Crippen molar-refractivity contribution in [2.24, 2.45) is 4.99 Å². The van der Waals surface area contributed by atoms with E-state index in [1.807, 2.05) is 7.05 Å². The minimum absolute atomic E-state index is 0. The van der Waals surface area contributed by atoms with E-state index in [1.165, 1.54) is 45.3 Å². The molecule has 0 aromatic carbocycles. The summed E-state index contributed by atoms with van der Waals surface area (Å²) in [6, 6.07) is 0. The van der Waals surface area contributed by atoms with E-state index in [4.69, 9.17) is 9.47 Å². The molecule has 0 saturated carbocycles. The van der Waals surface area contributed by atoms with Gasteiger partial charge in [-0.1, -0.05) is 0 Å². The summed E-state index contributed by atoms with van der Waals surface area (Å²) in [6.07, 6.45) is 7.56. The molecular weight excluding hydrogens is 419 g/mol. The third-order valence-corrected chi connectivity index (χ3v) is 4.47. The van der Waals surface area contributed by atoms with Crippen molar-refractivity contribution >= 4 is 29.9 Å². The van der Waals surface area contributed by atoms with Gasteiger partial charge in [0.2, 0.25) is 0 Å². The van der Waals surface area contributed by atoms with Gasteiger partial charge in [0.1, 0.15) is 0 Å². The highest BCUT2D eigenvalue weighted by atomic mass is 127. The second-order valence-corrected chi connectivity index (χ2v) is 6.39. The number of halogens is 1. The molecule has 0 spiro atoms. The molecule has 0 amide bonds. The van der Waals surface area contributed by atoms with E-state index in [9.17, 15) is 0 Å². The first-order chi connectivity index (χ1) is 11.4. The van der Waals surface area contributed by atoms with Crippen LogP contribution in [0.3, 0.4) is 0 Å². The fourth-order valence-corrected chi connectivity index (χ4v) is 3.07. The Kier molecular flexibility index (Phi) is 12.9. The highest BCUT2D eigenvalue weighted by Gasteiger charge is 2.15. The molecule has 2 fully saturated rings. The molecule has 2 saturated heterocycles. The Balaban J connectivity index is 0.00000288. The minimum atomic E-state index is 0. The van der Waals surface area contributed by atoms with Gasteiger partial charge in [-0.05, 0) is 58.2 Å². The first-order valence-electron chi connectivity index (χ1n) is 9.24. The molecule has 0 aliphatic carbocycles. The van der Waals surface area contributed by atoms with Crippen LogP contribution >= 0.6 is 24.0 Å². The molecule has 2 aliphatic heterocycles. The van der Waals surface area contributed by atoms with Gasteiger partial charge in [-0.25, -0.2) is 0 Å². The molecule has 2 rings (SSSR count). The van der Waals surface area contributed by atoms with Gasteiger partial charge in [0.15, 0.2) is 5.96 Å². The van der Waals surface area contributed by atoms with Crippen LogP contribution in [0, 0.1) is 0 Å². The normalized spacial score (nSPS) is 21.7. The van der Waals surface area contributed by atoms with E-state index >= 15 is 0 Å². The van der Waals surface area contributed by atoms with Crippen molar-refractivity contribution in [3.63, 3.8) is 0 Å². The Bertz CT molecular complexity index is 305. The fourth-order valence-electron chi connectivity index (χ4n) is 3.07. The second-order valence-electron chi connectivity index (χ2n) is 6.39. The Morgan fingerprint density at radius 2 is 1.92 bits per heavy atom. The first kappa shape index (κ1) is 21.9. The zero-order valence-corrected chi connectivity index (χ0v) is 17.4. The van der Waals surface area contributed by atoms with Crippen LogP contribution in [0.1, 0.15) is 38.5 Å². The lowest BCUT2D eigenvalue weighted by Crippen LogP contribution is -2.38. The van der Waals surface area contributed by atoms with E-state index in [1.54, 1.807) is 0 Å². The summed E-state index contributed by atoms with van der Waals surface area (Å²) in [5.74, 6) is 0.898. The number of likely N-dealkylation sites (tertiary alicyclic amines) is 1. The van der Waals surface area contributed by atoms with Crippen LogP contribution in [-0.2, 0) is 9.47 Å². The smallest absolute Gasteiger partial charge is 0.190 e. The number of nitrogens with one attached hydrogen (secondary N) is 2. The zero-order chi connectivity index (χ0) is 16.2. The number of rotatable bonds is 10. The Morgan fingerprint density at radius 3 is 2.58 bits per heavy atom. The van der Waals surface area contributed by atoms with Crippen molar-refractivity contribution in [2.45, 2.75) is 44.6 Å². The van der Waals surface area contributed by atoms with E-state index in [2.05, 4.69) is 20.5 Å². The number of hydrogen-bond donors (Lipinski definition) is 2. The number of ether oxygens (including phenoxy) is 2. The fraction of sp³-hybridized carbons (Fsp3) is 0.941. The molecule has 0 bridgehead atoms. The van der Waals surface area contributed by atoms with Crippen LogP contribution in [0.2, 0.25) is 0 Å². The molecule has 6 nitrogen and oxygen atoms in total. The van der Waals surface area contributed by atoms with Crippen LogP contribution in [0.15, 0.2) is 4.99 Å². The molecule has 2 N–H and O–H groups in total. The van der Waals surface area contributed by atoms with Gasteiger partial charge in [0.25, 0.3) is 0 Å². The Labute approximate surface area is 164 Å². The number of aliphatic imine (C=N–C) groups is 1. The Morgan fingerprint density at radius 1 is 1.17 bits per heavy atom. The molecule has 7 heteroatoms. The third kappa shape index (κ3) is 9.39. The number of guanidine groups is 1. The maximum absolute atomic E-state index is 5.75. The molecule has 0 radical (unpaired) electrons. The molecule has 2 heterocycles. The summed E-state index contributed by atoms with van der Waals surface area (Å²) in [7, 11) is 1.83. The lowest BCUT2D eigenvalue weighted by atomic mass is 10.3. The molecule has 1 atom stereocenters. The number of nitrogens with zero attached hydrogens (tertiary/aromatic N) is 2. The standard InChI is InChI=1S/C17H34N4O2.HI/c1-18-17(19-8-2-3-10-21-11-4-5-12-21)20-9-6-13-23-16-7-14-22-15-16;/h16H,2-15H2,1H3,(H2,18,19,20);1H. The topological polar surface area (TPSA) is 58.1 Å². The van der Waals surface area contributed by atoms with Gasteiger partial charge in [0.05, 0.1) is 12.7 Å². The van der Waals surface area contributed by atoms with Gasteiger partial charge < -0.3 is 25.0 Å². The maximum atomic E-state index is 5.75. The predicted molar refractivity (Wildman–Crippen MR) is 109 cm³/mol. The van der Waals surface area contributed by atoms with Gasteiger partial charge >= 0.3 is 0 Å².